The Balaban J connectivity index is 2.29. The molecule has 1 heterocycles. The fourth-order valence-corrected chi connectivity index (χ4v) is 2.36. The number of methoxy groups -OCH3 is 1. The summed E-state index contributed by atoms with van der Waals surface area (Å²) in [7, 11) is 1.67. The summed E-state index contributed by atoms with van der Waals surface area (Å²) in [5.41, 5.74) is 2.21. The molecule has 0 spiro atoms. The highest BCUT2D eigenvalue weighted by molar-refractivity contribution is 6.30. The maximum atomic E-state index is 6.08. The Morgan fingerprint density at radius 2 is 2.20 bits per heavy atom. The van der Waals surface area contributed by atoms with Gasteiger partial charge in [0.1, 0.15) is 11.6 Å². The number of nitrogens with one attached hydrogen (secondary N) is 1. The van der Waals surface area contributed by atoms with E-state index >= 15 is 0 Å². The Kier molecular flexibility index (Phi) is 5.04. The van der Waals surface area contributed by atoms with Gasteiger partial charge < -0.3 is 14.6 Å². The van der Waals surface area contributed by atoms with E-state index in [9.17, 15) is 0 Å². The quantitative estimate of drug-likeness (QED) is 0.890. The lowest BCUT2D eigenvalue weighted by Gasteiger charge is -2.14. The molecular weight excluding hydrogens is 274 g/mol. The zero-order chi connectivity index (χ0) is 14.5. The highest BCUT2D eigenvalue weighted by atomic mass is 35.5. The Hall–Kier alpha value is -1.52. The summed E-state index contributed by atoms with van der Waals surface area (Å²) in [6, 6.07) is 5.68. The second-order valence-corrected chi connectivity index (χ2v) is 5.06. The highest BCUT2D eigenvalue weighted by Gasteiger charge is 2.10. The number of hydrogen-bond acceptors (Lipinski definition) is 3. The van der Waals surface area contributed by atoms with Crippen molar-refractivity contribution in [2.24, 2.45) is 0 Å². The Bertz CT molecular complexity index is 580. The van der Waals surface area contributed by atoms with Gasteiger partial charge in [-0.3, -0.25) is 0 Å². The maximum absolute atomic E-state index is 6.08. The van der Waals surface area contributed by atoms with E-state index in [4.69, 9.17) is 16.3 Å². The van der Waals surface area contributed by atoms with Crippen molar-refractivity contribution >= 4 is 11.6 Å². The van der Waals surface area contributed by atoms with Crippen LogP contribution in [0.25, 0.3) is 0 Å². The van der Waals surface area contributed by atoms with Crippen molar-refractivity contribution in [3.05, 3.63) is 46.5 Å². The number of benzene rings is 1. The molecule has 1 aromatic carbocycles. The van der Waals surface area contributed by atoms with Crippen LogP contribution in [0.1, 0.15) is 24.0 Å². The van der Waals surface area contributed by atoms with E-state index in [2.05, 4.69) is 21.8 Å². The molecule has 0 radical (unpaired) electrons. The van der Waals surface area contributed by atoms with Crippen LogP contribution in [0.5, 0.6) is 5.75 Å². The van der Waals surface area contributed by atoms with Gasteiger partial charge in [0.2, 0.25) is 0 Å². The first-order chi connectivity index (χ1) is 9.65. The van der Waals surface area contributed by atoms with Crippen LogP contribution < -0.4 is 10.1 Å². The van der Waals surface area contributed by atoms with Crippen molar-refractivity contribution in [1.29, 1.82) is 0 Å². The minimum absolute atomic E-state index is 0.705. The van der Waals surface area contributed by atoms with E-state index < -0.39 is 0 Å². The molecular formula is C15H20ClN3O. The lowest BCUT2D eigenvalue weighted by Crippen LogP contribution is -2.16. The van der Waals surface area contributed by atoms with Gasteiger partial charge in [0.15, 0.2) is 0 Å². The van der Waals surface area contributed by atoms with Gasteiger partial charge in [0.05, 0.1) is 19.3 Å². The van der Waals surface area contributed by atoms with E-state index in [1.807, 2.05) is 31.3 Å². The van der Waals surface area contributed by atoms with Gasteiger partial charge in [-0.1, -0.05) is 18.5 Å². The summed E-state index contributed by atoms with van der Waals surface area (Å²) >= 11 is 6.08. The van der Waals surface area contributed by atoms with Crippen LogP contribution in [0.3, 0.4) is 0 Å². The van der Waals surface area contributed by atoms with Gasteiger partial charge in [0, 0.05) is 23.3 Å². The molecule has 0 aliphatic carbocycles. The van der Waals surface area contributed by atoms with Crippen molar-refractivity contribution in [3.63, 3.8) is 0 Å². The first-order valence-electron chi connectivity index (χ1n) is 6.69. The number of halogens is 1. The summed E-state index contributed by atoms with van der Waals surface area (Å²) in [5.74, 6) is 1.83. The lowest BCUT2D eigenvalue weighted by molar-refractivity contribution is 0.408. The molecule has 4 nitrogen and oxygen atoms in total. The third kappa shape index (κ3) is 3.32. The molecule has 108 valence electrons. The molecule has 0 aliphatic rings. The van der Waals surface area contributed by atoms with Gasteiger partial charge in [-0.2, -0.15) is 0 Å². The second kappa shape index (κ2) is 6.77. The monoisotopic (exact) mass is 293 g/mol. The first kappa shape index (κ1) is 14.9. The normalized spacial score (nSPS) is 10.8. The summed E-state index contributed by atoms with van der Waals surface area (Å²) in [5, 5.41) is 4.04. The number of aryl methyl sites for hydroxylation is 1. The Morgan fingerprint density at radius 3 is 2.90 bits per heavy atom. The molecule has 0 fully saturated rings. The molecule has 0 saturated carbocycles. The highest BCUT2D eigenvalue weighted by Crippen LogP contribution is 2.24. The van der Waals surface area contributed by atoms with Crippen molar-refractivity contribution in [3.8, 4) is 5.75 Å². The fourth-order valence-electron chi connectivity index (χ4n) is 2.17. The van der Waals surface area contributed by atoms with Gasteiger partial charge in [-0.15, -0.1) is 0 Å². The van der Waals surface area contributed by atoms with E-state index in [-0.39, 0.29) is 0 Å². The molecule has 0 amide bonds. The van der Waals surface area contributed by atoms with Crippen LogP contribution in [-0.2, 0) is 13.1 Å². The number of imidazole rings is 1. The smallest absolute Gasteiger partial charge is 0.123 e. The van der Waals surface area contributed by atoms with Crippen LogP contribution in [0, 0.1) is 6.92 Å². The minimum Gasteiger partial charge on any atom is -0.496 e. The van der Waals surface area contributed by atoms with E-state index in [0.717, 1.165) is 35.9 Å². The average Bonchev–Trinajstić information content (AvgIpc) is 2.78. The molecule has 5 heteroatoms. The predicted octanol–water partition coefficient (Wildman–Crippen LogP) is 3.01. The van der Waals surface area contributed by atoms with Crippen molar-refractivity contribution < 1.29 is 4.74 Å². The number of rotatable bonds is 6. The standard InChI is InChI=1S/C15H20ClN3O/c1-4-17-8-14-9-18-11(2)19(14)10-12-7-13(16)5-6-15(12)20-3/h5-7,9,17H,4,8,10H2,1-3H3. The van der Waals surface area contributed by atoms with Gasteiger partial charge in [0.25, 0.3) is 0 Å². The molecule has 2 rings (SSSR count). The zero-order valence-electron chi connectivity index (χ0n) is 12.1. The van der Waals surface area contributed by atoms with Gasteiger partial charge >= 0.3 is 0 Å². The fraction of sp³-hybridized carbons (Fsp3) is 0.400. The topological polar surface area (TPSA) is 39.1 Å². The third-order valence-corrected chi connectivity index (χ3v) is 3.50. The molecule has 20 heavy (non-hydrogen) atoms. The molecule has 0 atom stereocenters. The van der Waals surface area contributed by atoms with Crippen molar-refractivity contribution in [2.75, 3.05) is 13.7 Å². The Morgan fingerprint density at radius 1 is 1.40 bits per heavy atom. The van der Waals surface area contributed by atoms with Gasteiger partial charge in [-0.05, 0) is 31.7 Å². The molecule has 1 aromatic heterocycles. The van der Waals surface area contributed by atoms with Crippen LogP contribution in [-0.4, -0.2) is 23.2 Å². The number of aromatic nitrogens is 2. The molecule has 0 aliphatic heterocycles. The number of ether oxygens (including phenoxy) is 1. The lowest BCUT2D eigenvalue weighted by atomic mass is 10.2. The van der Waals surface area contributed by atoms with Crippen molar-refractivity contribution in [2.45, 2.75) is 26.9 Å². The molecule has 2 aromatic rings. The summed E-state index contributed by atoms with van der Waals surface area (Å²) in [6.45, 7) is 6.54. The molecule has 1 N–H and O–H groups in total. The second-order valence-electron chi connectivity index (χ2n) is 4.62. The maximum Gasteiger partial charge on any atom is 0.123 e. The number of hydrogen-bond donors (Lipinski definition) is 1. The van der Waals surface area contributed by atoms with Crippen molar-refractivity contribution in [1.82, 2.24) is 14.9 Å². The predicted molar refractivity (Wildman–Crippen MR) is 81.5 cm³/mol. The largest absolute Gasteiger partial charge is 0.496 e. The number of nitrogens with zero attached hydrogens (tertiary/aromatic N) is 2. The molecule has 0 saturated heterocycles. The SMILES string of the molecule is CCNCc1cnc(C)n1Cc1cc(Cl)ccc1OC. The zero-order valence-corrected chi connectivity index (χ0v) is 12.9. The summed E-state index contributed by atoms with van der Waals surface area (Å²) in [6.07, 6.45) is 1.91. The van der Waals surface area contributed by atoms with Crippen LogP contribution in [0.2, 0.25) is 5.02 Å². The van der Waals surface area contributed by atoms with E-state index in [1.165, 1.54) is 0 Å². The average molecular weight is 294 g/mol. The molecule has 0 bridgehead atoms. The van der Waals surface area contributed by atoms with Gasteiger partial charge in [-0.25, -0.2) is 4.98 Å². The Labute approximate surface area is 124 Å². The van der Waals surface area contributed by atoms with Crippen LogP contribution in [0.4, 0.5) is 0 Å². The van der Waals surface area contributed by atoms with E-state index in [1.54, 1.807) is 7.11 Å². The molecule has 0 unspecified atom stereocenters. The first-order valence-corrected chi connectivity index (χ1v) is 7.07. The summed E-state index contributed by atoms with van der Waals surface area (Å²) in [4.78, 5) is 4.39. The van der Waals surface area contributed by atoms with Crippen LogP contribution >= 0.6 is 11.6 Å². The van der Waals surface area contributed by atoms with Crippen LogP contribution in [0.15, 0.2) is 24.4 Å². The summed E-state index contributed by atoms with van der Waals surface area (Å²) < 4.78 is 7.58. The third-order valence-electron chi connectivity index (χ3n) is 3.26. The minimum atomic E-state index is 0.705. The van der Waals surface area contributed by atoms with E-state index in [0.29, 0.717) is 11.6 Å².